The minimum absolute atomic E-state index is 0.0196. The molecule has 0 unspecified atom stereocenters. The predicted molar refractivity (Wildman–Crippen MR) is 124 cm³/mol. The van der Waals surface area contributed by atoms with E-state index >= 15 is 0 Å². The molecule has 0 radical (unpaired) electrons. The molecule has 0 fully saturated rings. The predicted octanol–water partition coefficient (Wildman–Crippen LogP) is 6.11. The molecule has 0 bridgehead atoms. The van der Waals surface area contributed by atoms with Crippen molar-refractivity contribution < 1.29 is 9.59 Å². The first-order chi connectivity index (χ1) is 14.0. The quantitative estimate of drug-likeness (QED) is 0.506. The van der Waals surface area contributed by atoms with E-state index in [1.807, 2.05) is 50.2 Å². The number of pyridine rings is 1. The minimum Gasteiger partial charge on any atom is -0.346 e. The standard InChI is InChI=1S/C25H28N2O2S/c1-24(2,3)16-25(4,5)27-22(28)20-14-18-12-9-13-21(19(18)15-26-20)30-23(29)17-10-7-6-8-11-17/h6-15H,16H2,1-5H3,(H,27,28). The highest BCUT2D eigenvalue weighted by molar-refractivity contribution is 8.14. The van der Waals surface area contributed by atoms with E-state index in [1.165, 1.54) is 11.8 Å². The number of rotatable bonds is 5. The third kappa shape index (κ3) is 5.70. The van der Waals surface area contributed by atoms with Crippen LogP contribution in [0.5, 0.6) is 0 Å². The Morgan fingerprint density at radius 1 is 0.967 bits per heavy atom. The number of nitrogens with zero attached hydrogens (tertiary/aromatic N) is 1. The monoisotopic (exact) mass is 420 g/mol. The maximum Gasteiger partial charge on any atom is 0.270 e. The Labute approximate surface area is 182 Å². The Bertz CT molecular complexity index is 1070. The van der Waals surface area contributed by atoms with E-state index in [0.29, 0.717) is 11.3 Å². The molecule has 0 saturated carbocycles. The van der Waals surface area contributed by atoms with Gasteiger partial charge in [0.25, 0.3) is 5.91 Å². The third-order valence-electron chi connectivity index (χ3n) is 4.59. The molecular weight excluding hydrogens is 392 g/mol. The average molecular weight is 421 g/mol. The van der Waals surface area contributed by atoms with Crippen LogP contribution in [-0.2, 0) is 0 Å². The zero-order chi connectivity index (χ0) is 21.9. The zero-order valence-electron chi connectivity index (χ0n) is 18.2. The van der Waals surface area contributed by atoms with Crippen LogP contribution in [0.3, 0.4) is 0 Å². The number of nitrogens with one attached hydrogen (secondary N) is 1. The Hall–Kier alpha value is -2.66. The molecule has 4 nitrogen and oxygen atoms in total. The summed E-state index contributed by atoms with van der Waals surface area (Å²) in [6.07, 6.45) is 2.53. The first-order valence-electron chi connectivity index (χ1n) is 10.0. The molecule has 0 atom stereocenters. The maximum absolute atomic E-state index is 12.8. The minimum atomic E-state index is -0.341. The van der Waals surface area contributed by atoms with Crippen LogP contribution in [0.2, 0.25) is 0 Å². The van der Waals surface area contributed by atoms with Crippen molar-refractivity contribution in [2.75, 3.05) is 0 Å². The van der Waals surface area contributed by atoms with Crippen molar-refractivity contribution >= 4 is 33.6 Å². The second-order valence-corrected chi connectivity index (χ2v) is 10.4. The number of hydrogen-bond donors (Lipinski definition) is 1. The summed E-state index contributed by atoms with van der Waals surface area (Å²) in [7, 11) is 0. The number of benzene rings is 2. The molecule has 1 aromatic heterocycles. The summed E-state index contributed by atoms with van der Waals surface area (Å²) in [5.41, 5.74) is 0.794. The van der Waals surface area contributed by atoms with E-state index < -0.39 is 0 Å². The van der Waals surface area contributed by atoms with Gasteiger partial charge in [0.1, 0.15) is 5.69 Å². The third-order valence-corrected chi connectivity index (χ3v) is 5.59. The van der Waals surface area contributed by atoms with Crippen LogP contribution < -0.4 is 5.32 Å². The molecule has 1 amide bonds. The van der Waals surface area contributed by atoms with Crippen molar-refractivity contribution in [2.24, 2.45) is 5.41 Å². The lowest BCUT2D eigenvalue weighted by Crippen LogP contribution is -2.46. The summed E-state index contributed by atoms with van der Waals surface area (Å²) in [5.74, 6) is -0.190. The van der Waals surface area contributed by atoms with E-state index in [1.54, 1.807) is 24.4 Å². The van der Waals surface area contributed by atoms with Crippen LogP contribution in [-0.4, -0.2) is 21.5 Å². The van der Waals surface area contributed by atoms with Crippen molar-refractivity contribution in [3.8, 4) is 0 Å². The molecule has 3 aromatic rings. The van der Waals surface area contributed by atoms with Crippen LogP contribution in [0.15, 0.2) is 65.7 Å². The number of carbonyl (C=O) groups is 2. The van der Waals surface area contributed by atoms with Gasteiger partial charge >= 0.3 is 0 Å². The molecule has 0 aliphatic carbocycles. The van der Waals surface area contributed by atoms with Gasteiger partial charge in [0, 0.05) is 27.6 Å². The van der Waals surface area contributed by atoms with E-state index in [2.05, 4.69) is 31.1 Å². The molecule has 2 aromatic carbocycles. The van der Waals surface area contributed by atoms with E-state index in [4.69, 9.17) is 0 Å². The summed E-state index contributed by atoms with van der Waals surface area (Å²) >= 11 is 1.18. The van der Waals surface area contributed by atoms with Crippen molar-refractivity contribution in [1.29, 1.82) is 0 Å². The van der Waals surface area contributed by atoms with Crippen LogP contribution in [0.4, 0.5) is 0 Å². The summed E-state index contributed by atoms with van der Waals surface area (Å²) in [5, 5.41) is 4.82. The molecule has 5 heteroatoms. The second kappa shape index (κ2) is 8.60. The van der Waals surface area contributed by atoms with Crippen LogP contribution in [0.25, 0.3) is 10.8 Å². The second-order valence-electron chi connectivity index (χ2n) is 9.38. The average Bonchev–Trinajstić information content (AvgIpc) is 2.66. The van der Waals surface area contributed by atoms with Crippen molar-refractivity contribution in [1.82, 2.24) is 10.3 Å². The number of aromatic nitrogens is 1. The maximum atomic E-state index is 12.8. The summed E-state index contributed by atoms with van der Waals surface area (Å²) in [6, 6.07) is 16.7. The van der Waals surface area contributed by atoms with Gasteiger partial charge in [-0.1, -0.05) is 63.2 Å². The molecule has 156 valence electrons. The first-order valence-corrected chi connectivity index (χ1v) is 10.8. The van der Waals surface area contributed by atoms with Gasteiger partial charge in [0.05, 0.1) is 0 Å². The molecule has 0 aliphatic heterocycles. The number of thioether (sulfide) groups is 1. The molecule has 0 aliphatic rings. The first kappa shape index (κ1) is 22.0. The lowest BCUT2D eigenvalue weighted by Gasteiger charge is -2.33. The van der Waals surface area contributed by atoms with Gasteiger partial charge in [0.2, 0.25) is 5.12 Å². The van der Waals surface area contributed by atoms with Gasteiger partial charge in [0.15, 0.2) is 0 Å². The zero-order valence-corrected chi connectivity index (χ0v) is 19.0. The highest BCUT2D eigenvalue weighted by Crippen LogP contribution is 2.31. The highest BCUT2D eigenvalue weighted by atomic mass is 32.2. The Morgan fingerprint density at radius 2 is 1.67 bits per heavy atom. The van der Waals surface area contributed by atoms with Crippen molar-refractivity contribution in [2.45, 2.75) is 51.5 Å². The smallest absolute Gasteiger partial charge is 0.270 e. The molecular formula is C25H28N2O2S. The van der Waals surface area contributed by atoms with Crippen LogP contribution in [0.1, 0.15) is 61.9 Å². The van der Waals surface area contributed by atoms with Crippen molar-refractivity contribution in [3.05, 3.63) is 72.1 Å². The van der Waals surface area contributed by atoms with Crippen LogP contribution in [0, 0.1) is 5.41 Å². The van der Waals surface area contributed by atoms with Crippen LogP contribution >= 0.6 is 11.8 Å². The van der Waals surface area contributed by atoms with Gasteiger partial charge < -0.3 is 5.32 Å². The highest BCUT2D eigenvalue weighted by Gasteiger charge is 2.27. The van der Waals surface area contributed by atoms with Gasteiger partial charge in [-0.3, -0.25) is 14.6 Å². The number of hydrogen-bond acceptors (Lipinski definition) is 4. The lowest BCUT2D eigenvalue weighted by atomic mass is 9.82. The van der Waals surface area contributed by atoms with Gasteiger partial charge in [-0.15, -0.1) is 0 Å². The fraction of sp³-hybridized carbons (Fsp3) is 0.320. The van der Waals surface area contributed by atoms with Gasteiger partial charge in [-0.05, 0) is 55.0 Å². The summed E-state index contributed by atoms with van der Waals surface area (Å²) in [4.78, 5) is 30.6. The number of amides is 1. The van der Waals surface area contributed by atoms with E-state index in [9.17, 15) is 9.59 Å². The SMILES string of the molecule is CC(C)(C)CC(C)(C)NC(=O)c1cc2cccc(SC(=O)c3ccccc3)c2cn1. The van der Waals surface area contributed by atoms with Gasteiger partial charge in [-0.2, -0.15) is 0 Å². The fourth-order valence-corrected chi connectivity index (χ4v) is 4.71. The molecule has 3 rings (SSSR count). The summed E-state index contributed by atoms with van der Waals surface area (Å²) < 4.78 is 0. The Kier molecular flexibility index (Phi) is 6.32. The Balaban J connectivity index is 1.82. The molecule has 0 saturated heterocycles. The molecule has 1 heterocycles. The topological polar surface area (TPSA) is 59.1 Å². The normalized spacial score (nSPS) is 12.0. The lowest BCUT2D eigenvalue weighted by molar-refractivity contribution is 0.0886. The molecule has 30 heavy (non-hydrogen) atoms. The number of fused-ring (bicyclic) bond motifs is 1. The van der Waals surface area contributed by atoms with E-state index in [0.717, 1.165) is 22.1 Å². The summed E-state index contributed by atoms with van der Waals surface area (Å²) in [6.45, 7) is 10.5. The largest absolute Gasteiger partial charge is 0.346 e. The van der Waals surface area contributed by atoms with Gasteiger partial charge in [-0.25, -0.2) is 0 Å². The molecule has 1 N–H and O–H groups in total. The fourth-order valence-electron chi connectivity index (χ4n) is 3.83. The Morgan fingerprint density at radius 3 is 2.33 bits per heavy atom. The number of carbonyl (C=O) groups excluding carboxylic acids is 2. The molecule has 0 spiro atoms. The van der Waals surface area contributed by atoms with E-state index in [-0.39, 0.29) is 22.0 Å². The van der Waals surface area contributed by atoms with Crippen molar-refractivity contribution in [3.63, 3.8) is 0 Å².